The van der Waals surface area contributed by atoms with Crippen LogP contribution in [0.4, 0.5) is 18.9 Å². The molecule has 0 saturated carbocycles. The van der Waals surface area contributed by atoms with Crippen molar-refractivity contribution in [1.29, 1.82) is 0 Å². The molecule has 1 aromatic heterocycles. The summed E-state index contributed by atoms with van der Waals surface area (Å²) in [6, 6.07) is 5.59. The second-order valence-electron chi connectivity index (χ2n) is 5.09. The first kappa shape index (κ1) is 20.4. The molecule has 0 aliphatic carbocycles. The SMILES string of the molecule is CCSCc1cc(=O)[nH]c(SCC(=O)Nc2ccc(C(F)(F)F)cc2)n1. The summed E-state index contributed by atoms with van der Waals surface area (Å²) in [7, 11) is 0. The Morgan fingerprint density at radius 2 is 1.96 bits per heavy atom. The number of hydrogen-bond donors (Lipinski definition) is 2. The van der Waals surface area contributed by atoms with E-state index in [0.717, 1.165) is 29.6 Å². The van der Waals surface area contributed by atoms with Crippen LogP contribution in [0.3, 0.4) is 0 Å². The lowest BCUT2D eigenvalue weighted by atomic mass is 10.2. The number of alkyl halides is 3. The number of H-pyrrole nitrogens is 1. The summed E-state index contributed by atoms with van der Waals surface area (Å²) in [5.74, 6) is 1.05. The predicted octanol–water partition coefficient (Wildman–Crippen LogP) is 3.77. The zero-order valence-corrected chi connectivity index (χ0v) is 15.4. The Morgan fingerprint density at radius 3 is 2.58 bits per heavy atom. The van der Waals surface area contributed by atoms with E-state index in [4.69, 9.17) is 0 Å². The van der Waals surface area contributed by atoms with Crippen LogP contribution >= 0.6 is 23.5 Å². The van der Waals surface area contributed by atoms with Crippen molar-refractivity contribution in [2.24, 2.45) is 0 Å². The quantitative estimate of drug-likeness (QED) is 0.544. The third kappa shape index (κ3) is 6.41. The Bertz CT molecular complexity index is 808. The smallest absolute Gasteiger partial charge is 0.325 e. The van der Waals surface area contributed by atoms with Crippen LogP contribution < -0.4 is 10.9 Å². The molecule has 0 fully saturated rings. The van der Waals surface area contributed by atoms with E-state index in [1.165, 1.54) is 18.2 Å². The van der Waals surface area contributed by atoms with Crippen LogP contribution in [-0.2, 0) is 16.7 Å². The molecule has 2 rings (SSSR count). The van der Waals surface area contributed by atoms with E-state index in [1.54, 1.807) is 11.8 Å². The summed E-state index contributed by atoms with van der Waals surface area (Å²) in [5, 5.41) is 2.83. The average Bonchev–Trinajstić information content (AvgIpc) is 2.57. The maximum Gasteiger partial charge on any atom is 0.416 e. The highest BCUT2D eigenvalue weighted by atomic mass is 32.2. The number of thioether (sulfide) groups is 2. The number of anilines is 1. The molecule has 0 saturated heterocycles. The summed E-state index contributed by atoms with van der Waals surface area (Å²) >= 11 is 2.67. The summed E-state index contributed by atoms with van der Waals surface area (Å²) in [5.41, 5.74) is -0.185. The summed E-state index contributed by atoms with van der Waals surface area (Å²) in [6.07, 6.45) is -4.42. The number of nitrogens with zero attached hydrogens (tertiary/aromatic N) is 1. The molecule has 0 aliphatic rings. The Labute approximate surface area is 156 Å². The largest absolute Gasteiger partial charge is 0.416 e. The van der Waals surface area contributed by atoms with Crippen LogP contribution in [0.1, 0.15) is 18.2 Å². The Balaban J connectivity index is 1.92. The first-order valence-corrected chi connectivity index (χ1v) is 9.70. The van der Waals surface area contributed by atoms with Crippen LogP contribution in [0.15, 0.2) is 40.3 Å². The standard InChI is InChI=1S/C16H16F3N3O2S2/c1-2-25-8-12-7-13(23)22-15(21-12)26-9-14(24)20-11-5-3-10(4-6-11)16(17,18)19/h3-7H,2,8-9H2,1H3,(H,20,24)(H,21,22,23). The van der Waals surface area contributed by atoms with E-state index in [0.29, 0.717) is 16.6 Å². The summed E-state index contributed by atoms with van der Waals surface area (Å²) < 4.78 is 37.5. The lowest BCUT2D eigenvalue weighted by Crippen LogP contribution is -2.16. The van der Waals surface area contributed by atoms with Crippen molar-refractivity contribution >= 4 is 35.1 Å². The summed E-state index contributed by atoms with van der Waals surface area (Å²) in [4.78, 5) is 30.4. The first-order chi connectivity index (χ1) is 12.3. The minimum atomic E-state index is -4.42. The van der Waals surface area contributed by atoms with E-state index in [9.17, 15) is 22.8 Å². The lowest BCUT2D eigenvalue weighted by molar-refractivity contribution is -0.137. The van der Waals surface area contributed by atoms with Gasteiger partial charge in [0.05, 0.1) is 17.0 Å². The first-order valence-electron chi connectivity index (χ1n) is 7.56. The van der Waals surface area contributed by atoms with E-state index in [1.807, 2.05) is 6.92 Å². The van der Waals surface area contributed by atoms with Gasteiger partial charge in [-0.05, 0) is 30.0 Å². The molecule has 10 heteroatoms. The number of halogens is 3. The van der Waals surface area contributed by atoms with Crippen molar-refractivity contribution in [2.45, 2.75) is 24.0 Å². The molecule has 0 spiro atoms. The second-order valence-corrected chi connectivity index (χ2v) is 7.33. The zero-order valence-electron chi connectivity index (χ0n) is 13.7. The van der Waals surface area contributed by atoms with Gasteiger partial charge in [-0.15, -0.1) is 0 Å². The van der Waals surface area contributed by atoms with Gasteiger partial charge in [-0.2, -0.15) is 24.9 Å². The highest BCUT2D eigenvalue weighted by molar-refractivity contribution is 7.99. The molecule has 0 atom stereocenters. The number of amides is 1. The van der Waals surface area contributed by atoms with Crippen molar-refractivity contribution in [3.05, 3.63) is 51.9 Å². The molecule has 0 aliphatic heterocycles. The van der Waals surface area contributed by atoms with E-state index >= 15 is 0 Å². The Morgan fingerprint density at radius 1 is 1.27 bits per heavy atom. The highest BCUT2D eigenvalue weighted by Crippen LogP contribution is 2.29. The number of rotatable bonds is 7. The fourth-order valence-corrected chi connectivity index (χ4v) is 3.16. The van der Waals surface area contributed by atoms with Gasteiger partial charge in [0.1, 0.15) is 0 Å². The van der Waals surface area contributed by atoms with Gasteiger partial charge in [-0.1, -0.05) is 18.7 Å². The van der Waals surface area contributed by atoms with E-state index in [-0.39, 0.29) is 17.0 Å². The minimum Gasteiger partial charge on any atom is -0.325 e. The van der Waals surface area contributed by atoms with Gasteiger partial charge < -0.3 is 10.3 Å². The monoisotopic (exact) mass is 403 g/mol. The van der Waals surface area contributed by atoms with Gasteiger partial charge in [0.25, 0.3) is 5.56 Å². The summed E-state index contributed by atoms with van der Waals surface area (Å²) in [6.45, 7) is 2.00. The fraction of sp³-hybridized carbons (Fsp3) is 0.312. The van der Waals surface area contributed by atoms with Gasteiger partial charge in [-0.3, -0.25) is 9.59 Å². The number of aromatic amines is 1. The number of carbonyl (C=O) groups is 1. The molecule has 140 valence electrons. The molecule has 26 heavy (non-hydrogen) atoms. The maximum absolute atomic E-state index is 12.5. The van der Waals surface area contributed by atoms with Gasteiger partial charge in [-0.25, -0.2) is 4.98 Å². The van der Waals surface area contributed by atoms with Gasteiger partial charge in [0, 0.05) is 17.5 Å². The Hall–Kier alpha value is -1.94. The minimum absolute atomic E-state index is 0.0334. The fourth-order valence-electron chi connectivity index (χ4n) is 1.91. The zero-order chi connectivity index (χ0) is 19.2. The molecule has 1 amide bonds. The van der Waals surface area contributed by atoms with Crippen LogP contribution in [0.2, 0.25) is 0 Å². The van der Waals surface area contributed by atoms with Crippen LogP contribution in [0, 0.1) is 0 Å². The molecule has 0 radical (unpaired) electrons. The molecule has 2 aromatic rings. The van der Waals surface area contributed by atoms with Crippen molar-refractivity contribution < 1.29 is 18.0 Å². The van der Waals surface area contributed by atoms with Crippen LogP contribution in [-0.4, -0.2) is 27.4 Å². The average molecular weight is 403 g/mol. The van der Waals surface area contributed by atoms with Crippen molar-refractivity contribution in [3.8, 4) is 0 Å². The molecular formula is C16H16F3N3O2S2. The molecule has 1 heterocycles. The van der Waals surface area contributed by atoms with Crippen LogP contribution in [0.25, 0.3) is 0 Å². The van der Waals surface area contributed by atoms with Gasteiger partial charge in [0.2, 0.25) is 5.91 Å². The normalized spacial score (nSPS) is 11.4. The molecule has 1 aromatic carbocycles. The number of carbonyl (C=O) groups excluding carboxylic acids is 1. The van der Waals surface area contributed by atoms with Crippen molar-refractivity contribution in [2.75, 3.05) is 16.8 Å². The number of benzene rings is 1. The van der Waals surface area contributed by atoms with E-state index in [2.05, 4.69) is 15.3 Å². The molecule has 5 nitrogen and oxygen atoms in total. The Kier molecular flexibility index (Phi) is 7.15. The molecule has 0 unspecified atom stereocenters. The molecule has 0 bridgehead atoms. The van der Waals surface area contributed by atoms with Gasteiger partial charge >= 0.3 is 6.18 Å². The maximum atomic E-state index is 12.5. The molecule has 2 N–H and O–H groups in total. The number of nitrogens with one attached hydrogen (secondary N) is 2. The predicted molar refractivity (Wildman–Crippen MR) is 97.5 cm³/mol. The lowest BCUT2D eigenvalue weighted by Gasteiger charge is -2.09. The highest BCUT2D eigenvalue weighted by Gasteiger charge is 2.29. The van der Waals surface area contributed by atoms with Crippen LogP contribution in [0.5, 0.6) is 0 Å². The van der Waals surface area contributed by atoms with E-state index < -0.39 is 17.6 Å². The number of aromatic nitrogens is 2. The van der Waals surface area contributed by atoms with Crippen molar-refractivity contribution in [3.63, 3.8) is 0 Å². The molecular weight excluding hydrogens is 387 g/mol. The third-order valence-corrected chi connectivity index (χ3v) is 4.84. The third-order valence-electron chi connectivity index (χ3n) is 3.06. The van der Waals surface area contributed by atoms with Gasteiger partial charge in [0.15, 0.2) is 5.16 Å². The second kappa shape index (κ2) is 9.13. The number of hydrogen-bond acceptors (Lipinski definition) is 5. The van der Waals surface area contributed by atoms with Crippen molar-refractivity contribution in [1.82, 2.24) is 9.97 Å². The topological polar surface area (TPSA) is 74.8 Å².